The lowest BCUT2D eigenvalue weighted by molar-refractivity contribution is 0.0978. The minimum atomic E-state index is -0.756. The van der Waals surface area contributed by atoms with Crippen molar-refractivity contribution in [1.29, 1.82) is 5.26 Å². The van der Waals surface area contributed by atoms with Crippen molar-refractivity contribution in [2.75, 3.05) is 0 Å². The summed E-state index contributed by atoms with van der Waals surface area (Å²) in [5.74, 6) is -0.942. The van der Waals surface area contributed by atoms with Gasteiger partial charge in [-0.1, -0.05) is 24.3 Å². The van der Waals surface area contributed by atoms with Crippen molar-refractivity contribution in [2.24, 2.45) is 0 Å². The number of nitrogens with zero attached hydrogens (tertiary/aromatic N) is 2. The SMILES string of the molecule is Cc1ccccc1C(C#N)C(=O)c1ccncc1. The molecule has 0 fully saturated rings. The summed E-state index contributed by atoms with van der Waals surface area (Å²) in [6.45, 7) is 1.90. The molecule has 0 spiro atoms. The van der Waals surface area contributed by atoms with Crippen molar-refractivity contribution in [3.05, 3.63) is 65.5 Å². The van der Waals surface area contributed by atoms with Gasteiger partial charge in [0.1, 0.15) is 5.92 Å². The standard InChI is InChI=1S/C15H12N2O/c1-11-4-2-3-5-13(11)14(10-16)15(18)12-6-8-17-9-7-12/h2-9,14H,1H3. The van der Waals surface area contributed by atoms with Gasteiger partial charge in [0, 0.05) is 18.0 Å². The van der Waals surface area contributed by atoms with Crippen LogP contribution >= 0.6 is 0 Å². The van der Waals surface area contributed by atoms with Gasteiger partial charge in [-0.25, -0.2) is 0 Å². The van der Waals surface area contributed by atoms with E-state index in [1.807, 2.05) is 31.2 Å². The van der Waals surface area contributed by atoms with E-state index in [4.69, 9.17) is 0 Å². The maximum absolute atomic E-state index is 12.3. The van der Waals surface area contributed by atoms with Gasteiger partial charge in [0.15, 0.2) is 5.78 Å². The molecule has 2 rings (SSSR count). The zero-order valence-electron chi connectivity index (χ0n) is 10.00. The highest BCUT2D eigenvalue weighted by molar-refractivity contribution is 6.02. The van der Waals surface area contributed by atoms with E-state index in [1.54, 1.807) is 24.5 Å². The third kappa shape index (κ3) is 2.28. The average Bonchev–Trinajstić information content (AvgIpc) is 2.42. The minimum Gasteiger partial charge on any atom is -0.292 e. The lowest BCUT2D eigenvalue weighted by Crippen LogP contribution is -2.12. The molecule has 1 unspecified atom stereocenters. The van der Waals surface area contributed by atoms with E-state index in [2.05, 4.69) is 11.1 Å². The summed E-state index contributed by atoms with van der Waals surface area (Å²) in [6, 6.07) is 12.8. The molecule has 0 aliphatic carbocycles. The second-order valence-corrected chi connectivity index (χ2v) is 4.02. The Balaban J connectivity index is 2.40. The van der Waals surface area contributed by atoms with Crippen LogP contribution in [0.1, 0.15) is 27.4 Å². The van der Waals surface area contributed by atoms with Gasteiger partial charge in [0.25, 0.3) is 0 Å². The molecule has 0 radical (unpaired) electrons. The Hall–Kier alpha value is -2.47. The number of rotatable bonds is 3. The van der Waals surface area contributed by atoms with Crippen LogP contribution in [-0.2, 0) is 0 Å². The molecule has 1 aromatic heterocycles. The molecular formula is C15H12N2O. The van der Waals surface area contributed by atoms with Gasteiger partial charge in [-0.2, -0.15) is 5.26 Å². The first-order valence-corrected chi connectivity index (χ1v) is 5.63. The molecule has 3 heteroatoms. The van der Waals surface area contributed by atoms with E-state index in [1.165, 1.54) is 0 Å². The zero-order chi connectivity index (χ0) is 13.0. The molecule has 2 aromatic rings. The predicted octanol–water partition coefficient (Wildman–Crippen LogP) is 2.88. The van der Waals surface area contributed by atoms with Gasteiger partial charge in [-0.05, 0) is 30.2 Å². The summed E-state index contributed by atoms with van der Waals surface area (Å²) in [5, 5.41) is 9.25. The van der Waals surface area contributed by atoms with Crippen molar-refractivity contribution in [2.45, 2.75) is 12.8 Å². The lowest BCUT2D eigenvalue weighted by atomic mass is 9.89. The first-order chi connectivity index (χ1) is 8.74. The number of Topliss-reactive ketones (excluding diaryl/α,β-unsaturated/α-hetero) is 1. The van der Waals surface area contributed by atoms with Crippen molar-refractivity contribution in [3.63, 3.8) is 0 Å². The van der Waals surface area contributed by atoms with E-state index in [0.29, 0.717) is 5.56 Å². The average molecular weight is 236 g/mol. The minimum absolute atomic E-state index is 0.186. The van der Waals surface area contributed by atoms with Gasteiger partial charge >= 0.3 is 0 Å². The molecule has 3 nitrogen and oxygen atoms in total. The summed E-state index contributed by atoms with van der Waals surface area (Å²) >= 11 is 0. The summed E-state index contributed by atoms with van der Waals surface area (Å²) < 4.78 is 0. The molecule has 0 saturated heterocycles. The maximum atomic E-state index is 12.3. The largest absolute Gasteiger partial charge is 0.292 e. The van der Waals surface area contributed by atoms with Crippen LogP contribution in [0.2, 0.25) is 0 Å². The number of pyridine rings is 1. The van der Waals surface area contributed by atoms with Crippen molar-refractivity contribution >= 4 is 5.78 Å². The smallest absolute Gasteiger partial charge is 0.184 e. The highest BCUT2D eigenvalue weighted by atomic mass is 16.1. The second-order valence-electron chi connectivity index (χ2n) is 4.02. The molecule has 88 valence electrons. The Morgan fingerprint density at radius 3 is 2.50 bits per heavy atom. The Bertz CT molecular complexity index is 599. The molecule has 18 heavy (non-hydrogen) atoms. The molecular weight excluding hydrogens is 224 g/mol. The van der Waals surface area contributed by atoms with Gasteiger partial charge in [0.2, 0.25) is 0 Å². The number of aromatic nitrogens is 1. The van der Waals surface area contributed by atoms with E-state index in [0.717, 1.165) is 11.1 Å². The predicted molar refractivity (Wildman–Crippen MR) is 68.1 cm³/mol. The molecule has 0 aliphatic heterocycles. The van der Waals surface area contributed by atoms with E-state index < -0.39 is 5.92 Å². The van der Waals surface area contributed by atoms with Gasteiger partial charge in [0.05, 0.1) is 6.07 Å². The number of carbonyl (C=O) groups is 1. The van der Waals surface area contributed by atoms with E-state index >= 15 is 0 Å². The molecule has 0 aliphatic rings. The van der Waals surface area contributed by atoms with Gasteiger partial charge < -0.3 is 0 Å². The maximum Gasteiger partial charge on any atom is 0.184 e. The Labute approximate surface area is 106 Å². The number of hydrogen-bond donors (Lipinski definition) is 0. The Morgan fingerprint density at radius 2 is 1.89 bits per heavy atom. The molecule has 0 bridgehead atoms. The van der Waals surface area contributed by atoms with Crippen LogP contribution in [0, 0.1) is 18.3 Å². The van der Waals surface area contributed by atoms with E-state index in [-0.39, 0.29) is 5.78 Å². The molecule has 0 amide bonds. The van der Waals surface area contributed by atoms with Crippen molar-refractivity contribution in [1.82, 2.24) is 4.98 Å². The van der Waals surface area contributed by atoms with Crippen LogP contribution in [-0.4, -0.2) is 10.8 Å². The highest BCUT2D eigenvalue weighted by Crippen LogP contribution is 2.23. The monoisotopic (exact) mass is 236 g/mol. The van der Waals surface area contributed by atoms with Crippen LogP contribution in [0.15, 0.2) is 48.8 Å². The molecule has 1 heterocycles. The Morgan fingerprint density at radius 1 is 1.22 bits per heavy atom. The first-order valence-electron chi connectivity index (χ1n) is 5.63. The van der Waals surface area contributed by atoms with Crippen LogP contribution in [0.5, 0.6) is 0 Å². The number of hydrogen-bond acceptors (Lipinski definition) is 3. The first kappa shape index (κ1) is 12.0. The fourth-order valence-electron chi connectivity index (χ4n) is 1.86. The molecule has 1 atom stereocenters. The van der Waals surface area contributed by atoms with Gasteiger partial charge in [-0.15, -0.1) is 0 Å². The van der Waals surface area contributed by atoms with Crippen molar-refractivity contribution < 1.29 is 4.79 Å². The van der Waals surface area contributed by atoms with Crippen LogP contribution in [0.4, 0.5) is 0 Å². The molecule has 0 N–H and O–H groups in total. The number of ketones is 1. The number of carbonyl (C=O) groups excluding carboxylic acids is 1. The quantitative estimate of drug-likeness (QED) is 0.770. The molecule has 0 saturated carbocycles. The van der Waals surface area contributed by atoms with Crippen LogP contribution in [0.3, 0.4) is 0 Å². The summed E-state index contributed by atoms with van der Waals surface area (Å²) in [4.78, 5) is 16.1. The summed E-state index contributed by atoms with van der Waals surface area (Å²) in [7, 11) is 0. The second kappa shape index (κ2) is 5.24. The van der Waals surface area contributed by atoms with E-state index in [9.17, 15) is 10.1 Å². The summed E-state index contributed by atoms with van der Waals surface area (Å²) in [6.07, 6.45) is 3.11. The Kier molecular flexibility index (Phi) is 3.49. The third-order valence-corrected chi connectivity index (χ3v) is 2.86. The number of aryl methyl sites for hydroxylation is 1. The van der Waals surface area contributed by atoms with Crippen LogP contribution in [0.25, 0.3) is 0 Å². The third-order valence-electron chi connectivity index (χ3n) is 2.86. The fourth-order valence-corrected chi connectivity index (χ4v) is 1.86. The van der Waals surface area contributed by atoms with Gasteiger partial charge in [-0.3, -0.25) is 9.78 Å². The molecule has 1 aromatic carbocycles. The topological polar surface area (TPSA) is 53.8 Å². The fraction of sp³-hybridized carbons (Fsp3) is 0.133. The zero-order valence-corrected chi connectivity index (χ0v) is 10.00. The number of benzene rings is 1. The normalized spacial score (nSPS) is 11.6. The highest BCUT2D eigenvalue weighted by Gasteiger charge is 2.22. The lowest BCUT2D eigenvalue weighted by Gasteiger charge is -2.11. The van der Waals surface area contributed by atoms with Crippen molar-refractivity contribution in [3.8, 4) is 6.07 Å². The number of nitriles is 1. The summed E-state index contributed by atoms with van der Waals surface area (Å²) in [5.41, 5.74) is 2.23. The van der Waals surface area contributed by atoms with Crippen LogP contribution < -0.4 is 0 Å².